The molecule has 2 N–H and O–H groups in total. The van der Waals surface area contributed by atoms with Crippen molar-refractivity contribution in [3.8, 4) is 17.2 Å². The number of aromatic hydroxyl groups is 2. The molecule has 0 fully saturated rings. The Balaban J connectivity index is 0.00000288. The topological polar surface area (TPSA) is 89.8 Å². The number of carboxylic acid groups (broad SMARTS) is 1. The number of carbonyl (C=O) groups is 1. The molecule has 0 aliphatic heterocycles. The summed E-state index contributed by atoms with van der Waals surface area (Å²) in [5, 5.41) is 30.8. The van der Waals surface area contributed by atoms with E-state index in [1.165, 1.54) is 12.1 Å². The predicted octanol–water partition coefficient (Wildman–Crippen LogP) is -1.17. The van der Waals surface area contributed by atoms with Crippen molar-refractivity contribution in [1.82, 2.24) is 0 Å². The Morgan fingerprint density at radius 2 is 1.83 bits per heavy atom. The Kier molecular flexibility index (Phi) is 7.69. The molecule has 0 aromatic heterocycles. The first-order chi connectivity index (χ1) is 10.8. The van der Waals surface area contributed by atoms with E-state index >= 15 is 0 Å². The summed E-state index contributed by atoms with van der Waals surface area (Å²) >= 11 is 0. The Morgan fingerprint density at radius 1 is 1.25 bits per heavy atom. The summed E-state index contributed by atoms with van der Waals surface area (Å²) in [5.41, 5.74) is 1.60. The number of rotatable bonds is 5. The van der Waals surface area contributed by atoms with Crippen LogP contribution in [-0.2, 0) is 4.79 Å². The molecule has 1 unspecified atom stereocenters. The van der Waals surface area contributed by atoms with Gasteiger partial charge in [-0.15, -0.1) is 0 Å². The van der Waals surface area contributed by atoms with Crippen LogP contribution in [0.1, 0.15) is 29.5 Å². The summed E-state index contributed by atoms with van der Waals surface area (Å²) in [6.07, 6.45) is 0. The van der Waals surface area contributed by atoms with Crippen molar-refractivity contribution < 1.29 is 80.6 Å². The average molecular weight is 358 g/mol. The van der Waals surface area contributed by atoms with Crippen molar-refractivity contribution in [2.75, 3.05) is 6.61 Å². The van der Waals surface area contributed by atoms with E-state index in [2.05, 4.69) is 0 Å². The summed E-state index contributed by atoms with van der Waals surface area (Å²) in [6.45, 7) is 2.60. The number of ether oxygens (including phenoxy) is 1. The molecule has 122 valence electrons. The first-order valence-electron chi connectivity index (χ1n) is 6.94. The first-order valence-corrected chi connectivity index (χ1v) is 6.94. The second-order valence-corrected chi connectivity index (χ2v) is 5.24. The number of halogens is 1. The minimum Gasteiger partial charge on any atom is -0.546 e. The largest absolute Gasteiger partial charge is 1.00 e. The maximum Gasteiger partial charge on any atom is 1.00 e. The second kappa shape index (κ2) is 8.82. The molecule has 0 spiro atoms. The van der Waals surface area contributed by atoms with Crippen LogP contribution >= 0.6 is 0 Å². The third-order valence-electron chi connectivity index (χ3n) is 3.62. The second-order valence-electron chi connectivity index (χ2n) is 5.24. The van der Waals surface area contributed by atoms with Gasteiger partial charge in [-0.3, -0.25) is 0 Å². The molecule has 24 heavy (non-hydrogen) atoms. The van der Waals surface area contributed by atoms with Crippen LogP contribution in [0.2, 0.25) is 0 Å². The van der Waals surface area contributed by atoms with Crippen LogP contribution in [0.3, 0.4) is 0 Å². The molecule has 0 saturated heterocycles. The molecule has 5 nitrogen and oxygen atoms in total. The normalized spacial score (nSPS) is 11.5. The molecular formula is C17H16FKO5. The van der Waals surface area contributed by atoms with Gasteiger partial charge in [0, 0.05) is 11.5 Å². The zero-order valence-electron chi connectivity index (χ0n) is 13.7. The Morgan fingerprint density at radius 3 is 2.38 bits per heavy atom. The van der Waals surface area contributed by atoms with E-state index in [0.29, 0.717) is 11.1 Å². The Hall–Kier alpha value is -1.12. The van der Waals surface area contributed by atoms with Crippen LogP contribution in [0, 0.1) is 12.7 Å². The molecular weight excluding hydrogens is 342 g/mol. The Bertz CT molecular complexity index is 731. The standard InChI is InChI=1S/C17H17FO5.K/c1-9-7-13(10(2)11-3-5-12(18)6-4-11)16(22)17(15(9)21)23-8-14(19)20;/h3-7,10,21-22H,8H2,1-2H3,(H,19,20);/q;+1/p-1. The molecule has 0 aliphatic rings. The Labute approximate surface area is 181 Å². The van der Waals surface area contributed by atoms with Gasteiger partial charge >= 0.3 is 51.4 Å². The van der Waals surface area contributed by atoms with Crippen LogP contribution < -0.4 is 61.2 Å². The fourth-order valence-electron chi connectivity index (χ4n) is 2.32. The fraction of sp³-hybridized carbons (Fsp3) is 0.235. The molecule has 0 aliphatic carbocycles. The molecule has 0 radical (unpaired) electrons. The molecule has 0 heterocycles. The zero-order chi connectivity index (χ0) is 17.1. The molecule has 2 aromatic rings. The van der Waals surface area contributed by atoms with Crippen LogP contribution in [0.15, 0.2) is 30.3 Å². The predicted molar refractivity (Wildman–Crippen MR) is 78.9 cm³/mol. The van der Waals surface area contributed by atoms with E-state index in [0.717, 1.165) is 5.56 Å². The third kappa shape index (κ3) is 4.70. The minimum atomic E-state index is -1.47. The summed E-state index contributed by atoms with van der Waals surface area (Å²) in [5.74, 6) is -3.16. The molecule has 0 amide bonds. The molecule has 0 saturated carbocycles. The van der Waals surface area contributed by atoms with Gasteiger partial charge in [-0.2, -0.15) is 0 Å². The molecule has 7 heteroatoms. The van der Waals surface area contributed by atoms with Crippen molar-refractivity contribution in [2.24, 2.45) is 0 Å². The van der Waals surface area contributed by atoms with Gasteiger partial charge < -0.3 is 24.9 Å². The van der Waals surface area contributed by atoms with Crippen molar-refractivity contribution in [2.45, 2.75) is 19.8 Å². The van der Waals surface area contributed by atoms with Crippen molar-refractivity contribution in [3.63, 3.8) is 0 Å². The van der Waals surface area contributed by atoms with E-state index in [-0.39, 0.29) is 80.4 Å². The molecule has 2 aromatic carbocycles. The van der Waals surface area contributed by atoms with Crippen LogP contribution in [0.5, 0.6) is 17.2 Å². The number of carbonyl (C=O) groups excluding carboxylic acids is 1. The van der Waals surface area contributed by atoms with E-state index in [9.17, 15) is 24.5 Å². The summed E-state index contributed by atoms with van der Waals surface area (Å²) in [7, 11) is 0. The van der Waals surface area contributed by atoms with Gasteiger partial charge in [0.25, 0.3) is 0 Å². The number of hydrogen-bond donors (Lipinski definition) is 2. The van der Waals surface area contributed by atoms with Crippen LogP contribution in [0.25, 0.3) is 0 Å². The molecule has 0 bridgehead atoms. The number of hydrogen-bond acceptors (Lipinski definition) is 5. The number of phenols is 2. The number of aryl methyl sites for hydroxylation is 1. The van der Waals surface area contributed by atoms with Gasteiger partial charge in [0.1, 0.15) is 12.4 Å². The van der Waals surface area contributed by atoms with Gasteiger partial charge in [-0.25, -0.2) is 4.39 Å². The maximum atomic E-state index is 13.0. The fourth-order valence-corrected chi connectivity index (χ4v) is 2.32. The van der Waals surface area contributed by atoms with E-state index < -0.39 is 12.6 Å². The summed E-state index contributed by atoms with van der Waals surface area (Å²) < 4.78 is 18.0. The monoisotopic (exact) mass is 358 g/mol. The summed E-state index contributed by atoms with van der Waals surface area (Å²) in [6, 6.07) is 7.37. The smallest absolute Gasteiger partial charge is 0.546 e. The van der Waals surface area contributed by atoms with Gasteiger partial charge in [-0.05, 0) is 36.2 Å². The van der Waals surface area contributed by atoms with Crippen molar-refractivity contribution in [3.05, 3.63) is 52.8 Å². The number of carboxylic acids is 1. The van der Waals surface area contributed by atoms with Gasteiger partial charge in [0.15, 0.2) is 11.5 Å². The SMILES string of the molecule is Cc1cc(C(C)c2ccc(F)cc2)c(O)c(OCC(=O)[O-])c1O.[K+]. The van der Waals surface area contributed by atoms with Crippen molar-refractivity contribution in [1.29, 1.82) is 0 Å². The van der Waals surface area contributed by atoms with Gasteiger partial charge in [0.2, 0.25) is 5.75 Å². The number of aliphatic carboxylic acids is 1. The van der Waals surface area contributed by atoms with Crippen LogP contribution in [0.4, 0.5) is 4.39 Å². The van der Waals surface area contributed by atoms with E-state index in [1.807, 2.05) is 0 Å². The number of benzene rings is 2. The number of phenolic OH excluding ortho intramolecular Hbond substituents is 2. The minimum absolute atomic E-state index is 0. The van der Waals surface area contributed by atoms with Crippen LogP contribution in [-0.4, -0.2) is 22.8 Å². The van der Waals surface area contributed by atoms with Crippen molar-refractivity contribution >= 4 is 5.97 Å². The van der Waals surface area contributed by atoms with Gasteiger partial charge in [0.05, 0.1) is 5.97 Å². The molecule has 1 atom stereocenters. The van der Waals surface area contributed by atoms with E-state index in [1.54, 1.807) is 32.0 Å². The van der Waals surface area contributed by atoms with E-state index in [4.69, 9.17) is 4.74 Å². The summed E-state index contributed by atoms with van der Waals surface area (Å²) in [4.78, 5) is 10.5. The quantitative estimate of drug-likeness (QED) is 0.658. The third-order valence-corrected chi connectivity index (χ3v) is 3.62. The maximum absolute atomic E-state index is 13.0. The zero-order valence-corrected chi connectivity index (χ0v) is 16.8. The average Bonchev–Trinajstić information content (AvgIpc) is 2.50. The van der Waals surface area contributed by atoms with Gasteiger partial charge in [-0.1, -0.05) is 19.1 Å². The molecule has 2 rings (SSSR count). The first kappa shape index (κ1) is 20.9.